The zero-order chi connectivity index (χ0) is 20.1. The van der Waals surface area contributed by atoms with E-state index in [1.165, 1.54) is 7.11 Å². The number of aliphatic hydroxyl groups excluding tert-OH is 1. The molecular formula is C20H26O7. The Morgan fingerprint density at radius 1 is 1.48 bits per heavy atom. The van der Waals surface area contributed by atoms with Gasteiger partial charge in [0.1, 0.15) is 24.6 Å². The number of rotatable bonds is 5. The Morgan fingerprint density at radius 2 is 2.19 bits per heavy atom. The van der Waals surface area contributed by atoms with Gasteiger partial charge in [-0.25, -0.2) is 4.79 Å². The Kier molecular flexibility index (Phi) is 7.10. The first-order chi connectivity index (χ1) is 12.8. The lowest BCUT2D eigenvalue weighted by molar-refractivity contribution is -0.163. The molecule has 4 atom stereocenters. The molecule has 1 fully saturated rings. The van der Waals surface area contributed by atoms with E-state index < -0.39 is 42.1 Å². The molecule has 0 radical (unpaired) electrons. The Hall–Kier alpha value is -2.25. The standard InChI is InChI=1S/C20H26O7/c1-11(2)19(23)27-18-16-12(3)20(24)26-15(16)8-13(9-21)6-5-7-14(10-22)17(18)25-4/h7-8,10-11,15-18,21H,3,5-6,9H2,1-2,4H3/b13-8-,14-7?/t15-,16+,17+,18+/m1/s1. The highest BCUT2D eigenvalue weighted by Gasteiger charge is 2.48. The quantitative estimate of drug-likeness (QED) is 0.335. The topological polar surface area (TPSA) is 99.1 Å². The van der Waals surface area contributed by atoms with Crippen molar-refractivity contribution in [1.29, 1.82) is 0 Å². The molecule has 0 spiro atoms. The van der Waals surface area contributed by atoms with Crippen molar-refractivity contribution in [3.63, 3.8) is 0 Å². The summed E-state index contributed by atoms with van der Waals surface area (Å²) in [4.78, 5) is 36.2. The molecule has 148 valence electrons. The SMILES string of the molecule is C=C1C(=O)O[C@@H]2/C=C(\CO)CCC=C(C=O)[C@H](OC)[C@@H](OC(=O)C(C)C)[C@@H]12. The summed E-state index contributed by atoms with van der Waals surface area (Å²) in [6.45, 7) is 6.97. The van der Waals surface area contributed by atoms with Crippen molar-refractivity contribution in [1.82, 2.24) is 0 Å². The number of allylic oxidation sites excluding steroid dienone is 1. The van der Waals surface area contributed by atoms with E-state index in [1.54, 1.807) is 26.0 Å². The molecule has 2 aliphatic rings. The van der Waals surface area contributed by atoms with Gasteiger partial charge in [0, 0.05) is 18.3 Å². The van der Waals surface area contributed by atoms with E-state index in [-0.39, 0.29) is 12.2 Å². The molecule has 0 aromatic heterocycles. The second kappa shape index (κ2) is 9.10. The second-order valence-corrected chi connectivity index (χ2v) is 6.98. The number of aliphatic hydroxyl groups is 1. The minimum Gasteiger partial charge on any atom is -0.458 e. The number of fused-ring (bicyclic) bond motifs is 1. The molecule has 0 unspecified atom stereocenters. The van der Waals surface area contributed by atoms with Crippen LogP contribution in [0.1, 0.15) is 26.7 Å². The van der Waals surface area contributed by atoms with Crippen LogP contribution in [0, 0.1) is 11.8 Å². The van der Waals surface area contributed by atoms with Crippen LogP contribution >= 0.6 is 0 Å². The lowest BCUT2D eigenvalue weighted by Gasteiger charge is -2.33. The summed E-state index contributed by atoms with van der Waals surface area (Å²) in [5.41, 5.74) is 1.12. The molecule has 2 rings (SSSR count). The first kappa shape index (κ1) is 21.1. The van der Waals surface area contributed by atoms with Gasteiger partial charge in [0.25, 0.3) is 0 Å². The van der Waals surface area contributed by atoms with Gasteiger partial charge in [-0.2, -0.15) is 0 Å². The van der Waals surface area contributed by atoms with E-state index in [0.29, 0.717) is 30.3 Å². The van der Waals surface area contributed by atoms with E-state index in [9.17, 15) is 19.5 Å². The molecule has 0 aromatic rings. The molecular weight excluding hydrogens is 352 g/mol. The first-order valence-electron chi connectivity index (χ1n) is 8.92. The van der Waals surface area contributed by atoms with Crippen molar-refractivity contribution in [3.8, 4) is 0 Å². The van der Waals surface area contributed by atoms with Crippen molar-refractivity contribution in [2.24, 2.45) is 11.8 Å². The molecule has 1 heterocycles. The Balaban J connectivity index is 2.57. The number of esters is 2. The normalized spacial score (nSPS) is 30.7. The van der Waals surface area contributed by atoms with Gasteiger partial charge >= 0.3 is 11.9 Å². The van der Waals surface area contributed by atoms with Gasteiger partial charge in [-0.05, 0) is 24.5 Å². The third-order valence-corrected chi connectivity index (χ3v) is 4.80. The maximum absolute atomic E-state index is 12.3. The summed E-state index contributed by atoms with van der Waals surface area (Å²) in [5.74, 6) is -2.22. The van der Waals surface area contributed by atoms with Crippen LogP contribution in [-0.4, -0.2) is 55.4 Å². The largest absolute Gasteiger partial charge is 0.458 e. The molecule has 27 heavy (non-hydrogen) atoms. The van der Waals surface area contributed by atoms with Crippen LogP contribution in [0.5, 0.6) is 0 Å². The van der Waals surface area contributed by atoms with Gasteiger partial charge < -0.3 is 19.3 Å². The van der Waals surface area contributed by atoms with Gasteiger partial charge in [-0.3, -0.25) is 9.59 Å². The van der Waals surface area contributed by atoms with Crippen molar-refractivity contribution >= 4 is 18.2 Å². The van der Waals surface area contributed by atoms with E-state index in [1.807, 2.05) is 0 Å². The third-order valence-electron chi connectivity index (χ3n) is 4.80. The van der Waals surface area contributed by atoms with E-state index in [2.05, 4.69) is 6.58 Å². The summed E-state index contributed by atoms with van der Waals surface area (Å²) >= 11 is 0. The summed E-state index contributed by atoms with van der Waals surface area (Å²) in [6, 6.07) is 0. The van der Waals surface area contributed by atoms with Crippen LogP contribution < -0.4 is 0 Å². The summed E-state index contributed by atoms with van der Waals surface area (Å²) in [7, 11) is 1.41. The lowest BCUT2D eigenvalue weighted by Crippen LogP contribution is -2.44. The molecule has 1 aliphatic heterocycles. The van der Waals surface area contributed by atoms with Crippen LogP contribution in [0.4, 0.5) is 0 Å². The van der Waals surface area contributed by atoms with Crippen LogP contribution in [0.2, 0.25) is 0 Å². The number of carbonyl (C=O) groups is 3. The number of methoxy groups -OCH3 is 1. The fourth-order valence-corrected chi connectivity index (χ4v) is 3.29. The summed E-state index contributed by atoms with van der Waals surface area (Å²) in [6.07, 6.45) is 2.40. The summed E-state index contributed by atoms with van der Waals surface area (Å²) in [5, 5.41) is 9.60. The van der Waals surface area contributed by atoms with Gasteiger partial charge in [0.15, 0.2) is 0 Å². The highest BCUT2D eigenvalue weighted by molar-refractivity contribution is 5.91. The Morgan fingerprint density at radius 3 is 2.74 bits per heavy atom. The number of aldehydes is 1. The van der Waals surface area contributed by atoms with Crippen molar-refractivity contribution in [3.05, 3.63) is 35.5 Å². The average Bonchev–Trinajstić information content (AvgIpc) is 2.92. The minimum atomic E-state index is -0.973. The highest BCUT2D eigenvalue weighted by atomic mass is 16.6. The number of hydrogen-bond acceptors (Lipinski definition) is 7. The smallest absolute Gasteiger partial charge is 0.334 e. The Labute approximate surface area is 158 Å². The first-order valence-corrected chi connectivity index (χ1v) is 8.92. The molecule has 0 amide bonds. The van der Waals surface area contributed by atoms with Crippen LogP contribution in [0.3, 0.4) is 0 Å². The van der Waals surface area contributed by atoms with Crippen molar-refractivity contribution < 1.29 is 33.7 Å². The predicted molar refractivity (Wildman–Crippen MR) is 96.6 cm³/mol. The molecule has 0 saturated carbocycles. The lowest BCUT2D eigenvalue weighted by atomic mass is 9.83. The van der Waals surface area contributed by atoms with Gasteiger partial charge in [0.2, 0.25) is 0 Å². The van der Waals surface area contributed by atoms with Crippen LogP contribution in [0.25, 0.3) is 0 Å². The van der Waals surface area contributed by atoms with E-state index in [0.717, 1.165) is 0 Å². The number of carbonyl (C=O) groups excluding carboxylic acids is 3. The minimum absolute atomic E-state index is 0.142. The molecule has 7 nitrogen and oxygen atoms in total. The van der Waals surface area contributed by atoms with E-state index in [4.69, 9.17) is 14.2 Å². The maximum atomic E-state index is 12.3. The zero-order valence-corrected chi connectivity index (χ0v) is 15.8. The third kappa shape index (κ3) is 4.54. The van der Waals surface area contributed by atoms with Crippen molar-refractivity contribution in [2.45, 2.75) is 45.0 Å². The number of hydrogen-bond donors (Lipinski definition) is 1. The summed E-state index contributed by atoms with van der Waals surface area (Å²) < 4.78 is 16.6. The molecule has 1 aliphatic carbocycles. The molecule has 7 heteroatoms. The molecule has 0 bridgehead atoms. The second-order valence-electron chi connectivity index (χ2n) is 6.98. The van der Waals surface area contributed by atoms with Gasteiger partial charge in [0.05, 0.1) is 18.4 Å². The van der Waals surface area contributed by atoms with Gasteiger partial charge in [-0.1, -0.05) is 26.5 Å². The monoisotopic (exact) mass is 378 g/mol. The van der Waals surface area contributed by atoms with Gasteiger partial charge in [-0.15, -0.1) is 0 Å². The Bertz CT molecular complexity index is 674. The molecule has 1 N–H and O–H groups in total. The zero-order valence-electron chi connectivity index (χ0n) is 15.8. The maximum Gasteiger partial charge on any atom is 0.334 e. The fraction of sp³-hybridized carbons (Fsp3) is 0.550. The van der Waals surface area contributed by atoms with Crippen LogP contribution in [0.15, 0.2) is 35.5 Å². The fourth-order valence-electron chi connectivity index (χ4n) is 3.29. The van der Waals surface area contributed by atoms with E-state index >= 15 is 0 Å². The molecule has 0 aromatic carbocycles. The average molecular weight is 378 g/mol. The molecule has 1 saturated heterocycles. The van der Waals surface area contributed by atoms with Crippen LogP contribution in [-0.2, 0) is 28.6 Å². The van der Waals surface area contributed by atoms with Crippen molar-refractivity contribution in [2.75, 3.05) is 13.7 Å². The number of ether oxygens (including phenoxy) is 3. The predicted octanol–water partition coefficient (Wildman–Crippen LogP) is 1.50. The highest BCUT2D eigenvalue weighted by Crippen LogP contribution is 2.37.